The van der Waals surface area contributed by atoms with E-state index in [1.165, 1.54) is 13.2 Å². The third kappa shape index (κ3) is 1.89. The predicted octanol–water partition coefficient (Wildman–Crippen LogP) is 2.75. The maximum atomic E-state index is 12.4. The van der Waals surface area contributed by atoms with Crippen molar-refractivity contribution in [3.05, 3.63) is 28.8 Å². The molecule has 0 radical (unpaired) electrons. The zero-order chi connectivity index (χ0) is 10.7. The van der Waals surface area contributed by atoms with Crippen molar-refractivity contribution >= 4 is 6.29 Å². The van der Waals surface area contributed by atoms with Crippen LogP contribution in [0.25, 0.3) is 0 Å². The molecule has 14 heavy (non-hydrogen) atoms. The third-order valence-electron chi connectivity index (χ3n) is 1.98. The molecular weight excluding hydrogens is 190 g/mol. The molecule has 0 saturated carbocycles. The molecule has 1 aromatic rings. The predicted molar refractivity (Wildman–Crippen MR) is 48.1 cm³/mol. The van der Waals surface area contributed by atoms with Crippen molar-refractivity contribution in [2.45, 2.75) is 13.3 Å². The highest BCUT2D eigenvalue weighted by Crippen LogP contribution is 2.28. The smallest absolute Gasteiger partial charge is 0.264 e. The zero-order valence-corrected chi connectivity index (χ0v) is 7.88. The molecule has 1 aromatic carbocycles. The second kappa shape index (κ2) is 4.17. The van der Waals surface area contributed by atoms with Crippen LogP contribution in [0.1, 0.15) is 27.9 Å². The second-order valence-electron chi connectivity index (χ2n) is 2.87. The summed E-state index contributed by atoms with van der Waals surface area (Å²) in [5.74, 6) is 0.321. The van der Waals surface area contributed by atoms with E-state index in [2.05, 4.69) is 0 Å². The molecule has 0 aliphatic heterocycles. The number of hydrogen-bond acceptors (Lipinski definition) is 2. The van der Waals surface area contributed by atoms with E-state index in [0.717, 1.165) is 6.07 Å². The zero-order valence-electron chi connectivity index (χ0n) is 7.88. The van der Waals surface area contributed by atoms with Gasteiger partial charge in [0.05, 0.1) is 12.7 Å². The Morgan fingerprint density at radius 3 is 2.50 bits per heavy atom. The number of aldehydes is 1. The lowest BCUT2D eigenvalue weighted by Gasteiger charge is -2.09. The summed E-state index contributed by atoms with van der Waals surface area (Å²) in [6, 6.07) is 2.59. The molecule has 0 aliphatic rings. The van der Waals surface area contributed by atoms with Crippen molar-refractivity contribution in [3.8, 4) is 5.75 Å². The Morgan fingerprint density at radius 2 is 2.07 bits per heavy atom. The van der Waals surface area contributed by atoms with E-state index in [4.69, 9.17) is 4.74 Å². The SMILES string of the molecule is COc1cc(C)c(C(F)F)cc1C=O. The summed E-state index contributed by atoms with van der Waals surface area (Å²) in [5.41, 5.74) is 0.434. The normalized spacial score (nSPS) is 10.4. The number of carbonyl (C=O) groups is 1. The molecule has 0 spiro atoms. The van der Waals surface area contributed by atoms with Crippen LogP contribution < -0.4 is 4.74 Å². The lowest BCUT2D eigenvalue weighted by molar-refractivity contribution is 0.112. The Kier molecular flexibility index (Phi) is 3.17. The standard InChI is InChI=1S/C10H10F2O2/c1-6-3-9(14-2)7(5-13)4-8(6)10(11)12/h3-5,10H,1-2H3. The van der Waals surface area contributed by atoms with Gasteiger partial charge in [-0.1, -0.05) is 0 Å². The molecule has 0 bridgehead atoms. The van der Waals surface area contributed by atoms with Gasteiger partial charge in [0, 0.05) is 5.56 Å². The van der Waals surface area contributed by atoms with Gasteiger partial charge in [-0.15, -0.1) is 0 Å². The molecule has 0 aromatic heterocycles. The largest absolute Gasteiger partial charge is 0.496 e. The first-order valence-corrected chi connectivity index (χ1v) is 4.02. The monoisotopic (exact) mass is 200 g/mol. The highest BCUT2D eigenvalue weighted by Gasteiger charge is 2.14. The number of alkyl halides is 2. The maximum Gasteiger partial charge on any atom is 0.264 e. The average Bonchev–Trinajstić information content (AvgIpc) is 2.16. The fourth-order valence-electron chi connectivity index (χ4n) is 1.22. The fraction of sp³-hybridized carbons (Fsp3) is 0.300. The van der Waals surface area contributed by atoms with E-state index in [0.29, 0.717) is 17.6 Å². The summed E-state index contributed by atoms with van der Waals surface area (Å²) >= 11 is 0. The molecule has 76 valence electrons. The Bertz CT molecular complexity index is 348. The highest BCUT2D eigenvalue weighted by molar-refractivity contribution is 5.80. The molecule has 0 aliphatic carbocycles. The molecule has 0 saturated heterocycles. The lowest BCUT2D eigenvalue weighted by atomic mass is 10.0. The number of hydrogen-bond donors (Lipinski definition) is 0. The topological polar surface area (TPSA) is 26.3 Å². The van der Waals surface area contributed by atoms with Crippen LogP contribution in [0.5, 0.6) is 5.75 Å². The first-order chi connectivity index (χ1) is 6.60. The summed E-state index contributed by atoms with van der Waals surface area (Å²) in [4.78, 5) is 10.5. The molecule has 4 heteroatoms. The molecule has 0 fully saturated rings. The highest BCUT2D eigenvalue weighted by atomic mass is 19.3. The van der Waals surface area contributed by atoms with Crippen molar-refractivity contribution in [1.82, 2.24) is 0 Å². The van der Waals surface area contributed by atoms with E-state index in [1.807, 2.05) is 0 Å². The molecule has 0 unspecified atom stereocenters. The Morgan fingerprint density at radius 1 is 1.43 bits per heavy atom. The van der Waals surface area contributed by atoms with Crippen LogP contribution in [-0.2, 0) is 0 Å². The minimum atomic E-state index is -2.57. The average molecular weight is 200 g/mol. The van der Waals surface area contributed by atoms with Crippen molar-refractivity contribution in [1.29, 1.82) is 0 Å². The molecule has 1 rings (SSSR count). The van der Waals surface area contributed by atoms with Gasteiger partial charge >= 0.3 is 0 Å². The number of benzene rings is 1. The number of carbonyl (C=O) groups excluding carboxylic acids is 1. The Labute approximate surface area is 80.5 Å². The second-order valence-corrected chi connectivity index (χ2v) is 2.87. The van der Waals surface area contributed by atoms with Gasteiger partial charge in [-0.25, -0.2) is 8.78 Å². The molecule has 2 nitrogen and oxygen atoms in total. The van der Waals surface area contributed by atoms with E-state index in [1.54, 1.807) is 6.92 Å². The van der Waals surface area contributed by atoms with Crippen molar-refractivity contribution in [3.63, 3.8) is 0 Å². The quantitative estimate of drug-likeness (QED) is 0.701. The molecule has 0 N–H and O–H groups in total. The third-order valence-corrected chi connectivity index (χ3v) is 1.98. The number of ether oxygens (including phenoxy) is 1. The van der Waals surface area contributed by atoms with Crippen LogP contribution in [-0.4, -0.2) is 13.4 Å². The number of halogens is 2. The Hall–Kier alpha value is -1.45. The van der Waals surface area contributed by atoms with Crippen LogP contribution in [0, 0.1) is 6.92 Å². The number of rotatable bonds is 3. The van der Waals surface area contributed by atoms with Gasteiger partial charge < -0.3 is 4.74 Å². The van der Waals surface area contributed by atoms with Gasteiger partial charge in [-0.3, -0.25) is 4.79 Å². The molecular formula is C10H10F2O2. The summed E-state index contributed by atoms with van der Waals surface area (Å²) in [5, 5.41) is 0. The minimum Gasteiger partial charge on any atom is -0.496 e. The molecule has 0 amide bonds. The maximum absolute atomic E-state index is 12.4. The van der Waals surface area contributed by atoms with E-state index < -0.39 is 6.43 Å². The fourth-order valence-corrected chi connectivity index (χ4v) is 1.22. The first kappa shape index (κ1) is 10.6. The summed E-state index contributed by atoms with van der Waals surface area (Å²) in [6.07, 6.45) is -2.07. The molecule has 0 atom stereocenters. The van der Waals surface area contributed by atoms with E-state index >= 15 is 0 Å². The lowest BCUT2D eigenvalue weighted by Crippen LogP contribution is -1.96. The van der Waals surface area contributed by atoms with Gasteiger partial charge in [0.15, 0.2) is 6.29 Å². The van der Waals surface area contributed by atoms with E-state index in [9.17, 15) is 13.6 Å². The van der Waals surface area contributed by atoms with Crippen LogP contribution in [0.3, 0.4) is 0 Å². The van der Waals surface area contributed by atoms with Crippen molar-refractivity contribution < 1.29 is 18.3 Å². The summed E-state index contributed by atoms with van der Waals surface area (Å²) < 4.78 is 29.7. The van der Waals surface area contributed by atoms with Gasteiger partial charge in [-0.2, -0.15) is 0 Å². The van der Waals surface area contributed by atoms with Gasteiger partial charge in [0.25, 0.3) is 6.43 Å². The van der Waals surface area contributed by atoms with Crippen LogP contribution in [0.15, 0.2) is 12.1 Å². The first-order valence-electron chi connectivity index (χ1n) is 4.02. The minimum absolute atomic E-state index is 0.132. The van der Waals surface area contributed by atoms with Gasteiger partial charge in [0.1, 0.15) is 5.75 Å². The van der Waals surface area contributed by atoms with Crippen LogP contribution >= 0.6 is 0 Å². The summed E-state index contributed by atoms with van der Waals surface area (Å²) in [7, 11) is 1.39. The summed E-state index contributed by atoms with van der Waals surface area (Å²) in [6.45, 7) is 1.55. The number of aryl methyl sites for hydroxylation is 1. The van der Waals surface area contributed by atoms with Crippen LogP contribution in [0.4, 0.5) is 8.78 Å². The van der Waals surface area contributed by atoms with Crippen LogP contribution in [0.2, 0.25) is 0 Å². The molecule has 0 heterocycles. The number of methoxy groups -OCH3 is 1. The van der Waals surface area contributed by atoms with Gasteiger partial charge in [0.2, 0.25) is 0 Å². The van der Waals surface area contributed by atoms with E-state index in [-0.39, 0.29) is 11.1 Å². The van der Waals surface area contributed by atoms with Crippen molar-refractivity contribution in [2.24, 2.45) is 0 Å². The Balaban J connectivity index is 3.30. The van der Waals surface area contributed by atoms with Crippen molar-refractivity contribution in [2.75, 3.05) is 7.11 Å². The van der Waals surface area contributed by atoms with Gasteiger partial charge in [-0.05, 0) is 24.6 Å².